The van der Waals surface area contributed by atoms with Crippen LogP contribution < -0.4 is 5.32 Å². The van der Waals surface area contributed by atoms with Gasteiger partial charge in [-0.3, -0.25) is 9.59 Å². The molecule has 1 aromatic heterocycles. The first-order valence-electron chi connectivity index (χ1n) is 12.0. The van der Waals surface area contributed by atoms with E-state index in [-0.39, 0.29) is 35.9 Å². The molecule has 0 spiro atoms. The van der Waals surface area contributed by atoms with Crippen molar-refractivity contribution in [2.24, 2.45) is 0 Å². The number of nitrogens with zero attached hydrogens (tertiary/aromatic N) is 3. The minimum absolute atomic E-state index is 0. The van der Waals surface area contributed by atoms with Gasteiger partial charge >= 0.3 is 5.97 Å². The molecular weight excluding hydrogens is 539 g/mol. The largest absolute Gasteiger partial charge is 0.463 e. The van der Waals surface area contributed by atoms with E-state index in [1.54, 1.807) is 31.2 Å². The molecule has 0 saturated carbocycles. The molecule has 3 heterocycles. The lowest BCUT2D eigenvalue weighted by molar-refractivity contribution is -0.163. The third-order valence-corrected chi connectivity index (χ3v) is 8.62. The second-order valence-electron chi connectivity index (χ2n) is 9.35. The summed E-state index contributed by atoms with van der Waals surface area (Å²) in [4.78, 5) is 43.1. The molecule has 0 bridgehead atoms. The Hall–Kier alpha value is -2.27. The van der Waals surface area contributed by atoms with Crippen LogP contribution in [0.15, 0.2) is 28.8 Å². The van der Waals surface area contributed by atoms with E-state index in [0.29, 0.717) is 28.6 Å². The number of benzene rings is 1. The lowest BCUT2D eigenvalue weighted by Gasteiger charge is -2.43. The van der Waals surface area contributed by atoms with Crippen molar-refractivity contribution in [1.82, 2.24) is 20.3 Å². The Bertz CT molecular complexity index is 1170. The van der Waals surface area contributed by atoms with Gasteiger partial charge in [-0.15, -0.1) is 24.2 Å². The van der Waals surface area contributed by atoms with Crippen molar-refractivity contribution in [3.8, 4) is 11.3 Å². The number of esters is 1. The maximum Gasteiger partial charge on any atom is 0.330 e. The summed E-state index contributed by atoms with van der Waals surface area (Å²) < 4.78 is 10.3. The molecule has 0 aliphatic carbocycles. The third kappa shape index (κ3) is 5.48. The molecule has 1 aromatic carbocycles. The number of hydrogen-bond donors (Lipinski definition) is 1. The van der Waals surface area contributed by atoms with Crippen LogP contribution in [-0.4, -0.2) is 81.2 Å². The van der Waals surface area contributed by atoms with Gasteiger partial charge in [-0.1, -0.05) is 48.8 Å². The van der Waals surface area contributed by atoms with Crippen LogP contribution in [-0.2, 0) is 14.3 Å². The summed E-state index contributed by atoms with van der Waals surface area (Å²) in [5, 5.41) is 6.92. The van der Waals surface area contributed by atoms with Crippen molar-refractivity contribution in [2.75, 3.05) is 26.2 Å². The molecule has 4 rings (SSSR count). The lowest BCUT2D eigenvalue weighted by Crippen LogP contribution is -2.70. The number of thioether (sulfide) groups is 1. The fraction of sp³-hybridized carbons (Fsp3) is 0.520. The van der Waals surface area contributed by atoms with Crippen LogP contribution >= 0.6 is 35.8 Å². The Morgan fingerprint density at radius 3 is 2.59 bits per heavy atom. The molecular formula is C25H32Cl2N4O5S. The van der Waals surface area contributed by atoms with E-state index in [1.807, 2.05) is 13.8 Å². The smallest absolute Gasteiger partial charge is 0.330 e. The molecule has 2 aliphatic rings. The zero-order valence-electron chi connectivity index (χ0n) is 21.4. The van der Waals surface area contributed by atoms with Gasteiger partial charge in [0.05, 0.1) is 5.02 Å². The normalized spacial score (nSPS) is 21.8. The number of amides is 2. The molecule has 0 radical (unpaired) electrons. The van der Waals surface area contributed by atoms with Crippen molar-refractivity contribution in [1.29, 1.82) is 0 Å². The van der Waals surface area contributed by atoms with E-state index >= 15 is 0 Å². The van der Waals surface area contributed by atoms with Crippen LogP contribution in [0.1, 0.15) is 43.8 Å². The number of hydrogen-bond acceptors (Lipinski definition) is 8. The molecule has 2 saturated heterocycles. The zero-order chi connectivity index (χ0) is 26.2. The molecule has 2 amide bonds. The number of carbonyl (C=O) groups excluding carboxylic acids is 3. The van der Waals surface area contributed by atoms with Crippen LogP contribution in [0, 0.1) is 6.92 Å². The minimum atomic E-state index is -0.774. The molecule has 1 N–H and O–H groups in total. The van der Waals surface area contributed by atoms with Crippen LogP contribution in [0.4, 0.5) is 0 Å². The summed E-state index contributed by atoms with van der Waals surface area (Å²) in [5.74, 6) is -0.896. The van der Waals surface area contributed by atoms with E-state index in [2.05, 4.69) is 29.2 Å². The van der Waals surface area contributed by atoms with Crippen LogP contribution in [0.25, 0.3) is 11.3 Å². The molecule has 12 heteroatoms. The summed E-state index contributed by atoms with van der Waals surface area (Å²) in [5.41, 5.74) is 1.10. The Morgan fingerprint density at radius 2 is 1.95 bits per heavy atom. The molecule has 9 nitrogen and oxygen atoms in total. The summed E-state index contributed by atoms with van der Waals surface area (Å²) in [6.07, 6.45) is 0. The number of ether oxygens (including phenoxy) is 1. The molecule has 2 fully saturated rings. The number of rotatable bonds is 9. The predicted octanol–water partition coefficient (Wildman–Crippen LogP) is 3.77. The maximum atomic E-state index is 13.3. The zero-order valence-corrected chi connectivity index (χ0v) is 23.8. The van der Waals surface area contributed by atoms with Gasteiger partial charge < -0.3 is 24.4 Å². The van der Waals surface area contributed by atoms with E-state index in [1.165, 1.54) is 16.7 Å². The van der Waals surface area contributed by atoms with Crippen molar-refractivity contribution in [2.45, 2.75) is 56.8 Å². The van der Waals surface area contributed by atoms with E-state index in [4.69, 9.17) is 20.9 Å². The Balaban J connectivity index is 0.00000380. The summed E-state index contributed by atoms with van der Waals surface area (Å²) >= 11 is 7.79. The first-order chi connectivity index (χ1) is 17.1. The summed E-state index contributed by atoms with van der Waals surface area (Å²) in [7, 11) is 0. The van der Waals surface area contributed by atoms with Crippen molar-refractivity contribution < 1.29 is 23.6 Å². The van der Waals surface area contributed by atoms with Crippen molar-refractivity contribution >= 4 is 53.6 Å². The summed E-state index contributed by atoms with van der Waals surface area (Å²) in [6.45, 7) is 12.2. The van der Waals surface area contributed by atoms with Gasteiger partial charge in [-0.25, -0.2) is 4.79 Å². The highest BCUT2D eigenvalue weighted by Gasteiger charge is 2.64. The Morgan fingerprint density at radius 1 is 1.27 bits per heavy atom. The first-order valence-corrected chi connectivity index (χ1v) is 13.3. The van der Waals surface area contributed by atoms with Crippen LogP contribution in [0.2, 0.25) is 5.02 Å². The van der Waals surface area contributed by atoms with Crippen LogP contribution in [0.5, 0.6) is 0 Å². The van der Waals surface area contributed by atoms with E-state index < -0.39 is 28.7 Å². The molecule has 2 aliphatic heterocycles. The topological polar surface area (TPSA) is 105 Å². The Kier molecular flexibility index (Phi) is 9.21. The second-order valence-corrected chi connectivity index (χ2v) is 11.5. The SMILES string of the molecule is CCN(CC)CCOC(=O)[C@@H]1N2C(=O)[C@@H](NC(=O)c3c(-c4ccccc4Cl)noc3C)[C@H]2SC1(C)C.Cl. The number of likely N-dealkylation sites (N-methyl/N-ethyl adjacent to an activating group) is 1. The Labute approximate surface area is 232 Å². The fourth-order valence-corrected chi connectivity index (χ4v) is 6.56. The number of halogens is 2. The highest BCUT2D eigenvalue weighted by molar-refractivity contribution is 8.01. The highest BCUT2D eigenvalue weighted by atomic mass is 35.5. The molecule has 202 valence electrons. The molecule has 0 unspecified atom stereocenters. The van der Waals surface area contributed by atoms with Crippen molar-refractivity contribution in [3.05, 3.63) is 40.6 Å². The first kappa shape index (κ1) is 29.3. The number of nitrogens with one attached hydrogen (secondary N) is 1. The van der Waals surface area contributed by atoms with Gasteiger partial charge in [0, 0.05) is 16.9 Å². The van der Waals surface area contributed by atoms with Crippen LogP contribution in [0.3, 0.4) is 0 Å². The molecule has 2 aromatic rings. The number of β-lactam (4-membered cyclic amide) rings is 1. The van der Waals surface area contributed by atoms with E-state index in [9.17, 15) is 14.4 Å². The number of aryl methyl sites for hydroxylation is 1. The maximum absolute atomic E-state index is 13.3. The number of fused-ring (bicyclic) bond motifs is 1. The quantitative estimate of drug-likeness (QED) is 0.359. The van der Waals surface area contributed by atoms with E-state index in [0.717, 1.165) is 13.1 Å². The lowest BCUT2D eigenvalue weighted by atomic mass is 9.95. The highest BCUT2D eigenvalue weighted by Crippen LogP contribution is 2.51. The molecule has 3 atom stereocenters. The fourth-order valence-electron chi connectivity index (χ4n) is 4.71. The minimum Gasteiger partial charge on any atom is -0.463 e. The summed E-state index contributed by atoms with van der Waals surface area (Å²) in [6, 6.07) is 5.53. The number of carbonyl (C=O) groups is 3. The van der Waals surface area contributed by atoms with Gasteiger partial charge in [0.15, 0.2) is 0 Å². The monoisotopic (exact) mass is 570 g/mol. The molecule has 37 heavy (non-hydrogen) atoms. The van der Waals surface area contributed by atoms with Gasteiger partial charge in [-0.05, 0) is 39.9 Å². The third-order valence-electron chi connectivity index (χ3n) is 6.72. The average molecular weight is 572 g/mol. The van der Waals surface area contributed by atoms with Gasteiger partial charge in [0.25, 0.3) is 5.91 Å². The second kappa shape index (κ2) is 11.6. The van der Waals surface area contributed by atoms with Crippen molar-refractivity contribution in [3.63, 3.8) is 0 Å². The average Bonchev–Trinajstić information content (AvgIpc) is 3.35. The van der Waals surface area contributed by atoms with Gasteiger partial charge in [0.2, 0.25) is 5.91 Å². The predicted molar refractivity (Wildman–Crippen MR) is 145 cm³/mol. The van der Waals surface area contributed by atoms with Gasteiger partial charge in [0.1, 0.15) is 41.1 Å². The standard InChI is InChI=1S/C25H31ClN4O5S.ClH/c1-6-29(7-2)12-13-34-24(33)20-25(4,5)36-23-19(22(32)30(20)23)27-21(31)17-14(3)35-28-18(17)15-10-8-9-11-16(15)26;/h8-11,19-20,23H,6-7,12-13H2,1-5H3,(H,27,31);1H/t19-,20+,23-;/m1./s1. The number of aromatic nitrogens is 1. The van der Waals surface area contributed by atoms with Gasteiger partial charge in [-0.2, -0.15) is 0 Å².